The molecular formula is C22H18N2O2. The van der Waals surface area contributed by atoms with Crippen LogP contribution in [-0.2, 0) is 0 Å². The average molecular weight is 342 g/mol. The van der Waals surface area contributed by atoms with Gasteiger partial charge in [0.25, 0.3) is 5.69 Å². The molecule has 26 heavy (non-hydrogen) atoms. The van der Waals surface area contributed by atoms with Crippen LogP contribution in [0.15, 0.2) is 72.8 Å². The lowest BCUT2D eigenvalue weighted by Crippen LogP contribution is -2.29. The van der Waals surface area contributed by atoms with Crippen LogP contribution >= 0.6 is 0 Å². The largest absolute Gasteiger partial charge is 0.377 e. The number of benzene rings is 3. The van der Waals surface area contributed by atoms with E-state index in [9.17, 15) is 10.1 Å². The summed E-state index contributed by atoms with van der Waals surface area (Å²) in [6.07, 6.45) is 5.41. The van der Waals surface area contributed by atoms with Gasteiger partial charge in [-0.15, -0.1) is 0 Å². The van der Waals surface area contributed by atoms with Gasteiger partial charge < -0.3 is 5.32 Å². The number of anilines is 1. The monoisotopic (exact) mass is 342 g/mol. The zero-order chi connectivity index (χ0) is 17.7. The van der Waals surface area contributed by atoms with Crippen molar-refractivity contribution in [2.24, 2.45) is 5.92 Å². The van der Waals surface area contributed by atoms with E-state index in [2.05, 4.69) is 41.7 Å². The number of nitrogens with one attached hydrogen (secondary N) is 1. The van der Waals surface area contributed by atoms with Crippen LogP contribution in [0.2, 0.25) is 0 Å². The van der Waals surface area contributed by atoms with Crippen molar-refractivity contribution in [3.05, 3.63) is 94.1 Å². The third-order valence-corrected chi connectivity index (χ3v) is 5.73. The Morgan fingerprint density at radius 1 is 0.962 bits per heavy atom. The van der Waals surface area contributed by atoms with E-state index in [4.69, 9.17) is 0 Å². The predicted molar refractivity (Wildman–Crippen MR) is 103 cm³/mol. The molecule has 5 rings (SSSR count). The highest BCUT2D eigenvalue weighted by Crippen LogP contribution is 2.52. The minimum Gasteiger partial charge on any atom is -0.377 e. The molecule has 0 amide bonds. The fraction of sp³-hybridized carbons (Fsp3) is 0.182. The van der Waals surface area contributed by atoms with E-state index in [1.807, 2.05) is 24.3 Å². The van der Waals surface area contributed by atoms with Crippen LogP contribution in [0.1, 0.15) is 29.5 Å². The molecule has 4 heteroatoms. The third-order valence-electron chi connectivity index (χ3n) is 5.73. The van der Waals surface area contributed by atoms with Crippen molar-refractivity contribution in [3.63, 3.8) is 0 Å². The van der Waals surface area contributed by atoms with Crippen LogP contribution in [0, 0.1) is 16.0 Å². The van der Waals surface area contributed by atoms with Crippen LogP contribution in [0.5, 0.6) is 0 Å². The molecule has 1 aliphatic carbocycles. The second-order valence-electron chi connectivity index (χ2n) is 7.04. The van der Waals surface area contributed by atoms with E-state index in [1.165, 1.54) is 16.3 Å². The number of rotatable bonds is 2. The SMILES string of the molecule is O=[N+]([O-])c1ccccc1[C@@H]1Nc2c(ccc3ccccc23)[C@H]2C=CC[C@H]21. The number of nitro benzene ring substituents is 1. The zero-order valence-corrected chi connectivity index (χ0v) is 14.1. The summed E-state index contributed by atoms with van der Waals surface area (Å²) in [7, 11) is 0. The van der Waals surface area contributed by atoms with E-state index in [0.29, 0.717) is 11.8 Å². The van der Waals surface area contributed by atoms with E-state index >= 15 is 0 Å². The lowest BCUT2D eigenvalue weighted by atomic mass is 9.76. The molecule has 0 aromatic heterocycles. The zero-order valence-electron chi connectivity index (χ0n) is 14.1. The lowest BCUT2D eigenvalue weighted by molar-refractivity contribution is -0.385. The summed E-state index contributed by atoms with van der Waals surface area (Å²) >= 11 is 0. The highest BCUT2D eigenvalue weighted by Gasteiger charge is 2.40. The van der Waals surface area contributed by atoms with Gasteiger partial charge in [-0.05, 0) is 23.3 Å². The van der Waals surface area contributed by atoms with Crippen molar-refractivity contribution in [2.45, 2.75) is 18.4 Å². The second kappa shape index (κ2) is 5.70. The van der Waals surface area contributed by atoms with Crippen LogP contribution in [0.4, 0.5) is 11.4 Å². The number of allylic oxidation sites excluding steroid dienone is 2. The number of nitro groups is 1. The van der Waals surface area contributed by atoms with Gasteiger partial charge in [-0.25, -0.2) is 0 Å². The van der Waals surface area contributed by atoms with Gasteiger partial charge in [0.1, 0.15) is 0 Å². The smallest absolute Gasteiger partial charge is 0.274 e. The Morgan fingerprint density at radius 2 is 1.77 bits per heavy atom. The summed E-state index contributed by atoms with van der Waals surface area (Å²) in [5.74, 6) is 0.588. The minimum atomic E-state index is -0.271. The first-order valence-electron chi connectivity index (χ1n) is 8.92. The summed E-state index contributed by atoms with van der Waals surface area (Å²) in [6, 6.07) is 19.7. The predicted octanol–water partition coefficient (Wildman–Crippen LogP) is 5.57. The highest BCUT2D eigenvalue weighted by atomic mass is 16.6. The Balaban J connectivity index is 1.72. The first-order chi connectivity index (χ1) is 12.7. The second-order valence-corrected chi connectivity index (χ2v) is 7.04. The molecule has 0 unspecified atom stereocenters. The van der Waals surface area contributed by atoms with Crippen LogP contribution in [0.25, 0.3) is 10.8 Å². The minimum absolute atomic E-state index is 0.0742. The van der Waals surface area contributed by atoms with Gasteiger partial charge in [0.15, 0.2) is 0 Å². The molecule has 3 aromatic rings. The Labute approximate surface area is 151 Å². The molecule has 3 aromatic carbocycles. The molecule has 0 saturated heterocycles. The first kappa shape index (κ1) is 15.1. The highest BCUT2D eigenvalue weighted by molar-refractivity contribution is 5.96. The average Bonchev–Trinajstić information content (AvgIpc) is 3.17. The van der Waals surface area contributed by atoms with Crippen molar-refractivity contribution >= 4 is 22.1 Å². The normalized spacial score (nSPS) is 23.3. The van der Waals surface area contributed by atoms with Crippen molar-refractivity contribution in [1.82, 2.24) is 0 Å². The van der Waals surface area contributed by atoms with Gasteiger partial charge in [-0.1, -0.05) is 66.7 Å². The lowest BCUT2D eigenvalue weighted by Gasteiger charge is -2.37. The molecule has 0 radical (unpaired) electrons. The Hall–Kier alpha value is -3.14. The van der Waals surface area contributed by atoms with Gasteiger partial charge >= 0.3 is 0 Å². The topological polar surface area (TPSA) is 55.2 Å². The first-order valence-corrected chi connectivity index (χ1v) is 8.92. The van der Waals surface area contributed by atoms with E-state index < -0.39 is 0 Å². The molecule has 1 heterocycles. The van der Waals surface area contributed by atoms with Crippen molar-refractivity contribution in [3.8, 4) is 0 Å². The number of hydrogen-bond acceptors (Lipinski definition) is 3. The summed E-state index contributed by atoms with van der Waals surface area (Å²) in [6.45, 7) is 0. The summed E-state index contributed by atoms with van der Waals surface area (Å²) in [4.78, 5) is 11.3. The maximum absolute atomic E-state index is 11.6. The van der Waals surface area contributed by atoms with Crippen molar-refractivity contribution < 1.29 is 4.92 Å². The number of fused-ring (bicyclic) bond motifs is 5. The number of nitrogens with zero attached hydrogens (tertiary/aromatic N) is 1. The Morgan fingerprint density at radius 3 is 2.65 bits per heavy atom. The fourth-order valence-electron chi connectivity index (χ4n) is 4.56. The van der Waals surface area contributed by atoms with E-state index in [-0.39, 0.29) is 16.7 Å². The van der Waals surface area contributed by atoms with E-state index in [1.54, 1.807) is 12.1 Å². The fourth-order valence-corrected chi connectivity index (χ4v) is 4.56. The molecule has 0 saturated carbocycles. The van der Waals surface area contributed by atoms with E-state index in [0.717, 1.165) is 17.7 Å². The molecule has 2 aliphatic rings. The van der Waals surface area contributed by atoms with Gasteiger partial charge in [0.05, 0.1) is 16.5 Å². The number of para-hydroxylation sites is 1. The summed E-state index contributed by atoms with van der Waals surface area (Å²) < 4.78 is 0. The molecule has 0 bridgehead atoms. The molecule has 3 atom stereocenters. The van der Waals surface area contributed by atoms with Gasteiger partial charge in [0.2, 0.25) is 0 Å². The van der Waals surface area contributed by atoms with Crippen LogP contribution in [0.3, 0.4) is 0 Å². The molecule has 1 aliphatic heterocycles. The van der Waals surface area contributed by atoms with Crippen molar-refractivity contribution in [1.29, 1.82) is 0 Å². The van der Waals surface area contributed by atoms with Crippen molar-refractivity contribution in [2.75, 3.05) is 5.32 Å². The van der Waals surface area contributed by atoms with Crippen LogP contribution < -0.4 is 5.32 Å². The number of hydrogen-bond donors (Lipinski definition) is 1. The summed E-state index contributed by atoms with van der Waals surface area (Å²) in [5, 5.41) is 17.6. The van der Waals surface area contributed by atoms with Gasteiger partial charge in [-0.3, -0.25) is 10.1 Å². The van der Waals surface area contributed by atoms with Crippen LogP contribution in [-0.4, -0.2) is 4.92 Å². The molecule has 0 spiro atoms. The molecule has 0 fully saturated rings. The molecule has 4 nitrogen and oxygen atoms in total. The van der Waals surface area contributed by atoms with Gasteiger partial charge in [-0.2, -0.15) is 0 Å². The molecular weight excluding hydrogens is 324 g/mol. The summed E-state index contributed by atoms with van der Waals surface area (Å²) in [5.41, 5.74) is 3.37. The molecule has 128 valence electrons. The standard InChI is InChI=1S/C22H18N2O2/c25-24(26)20-11-4-3-8-19(20)22-17-10-5-9-16(17)18-13-12-14-6-1-2-7-15(14)21(18)23-22/h1-9,11-13,16-17,22-23H,10H2/t16-,17+,22+/m0/s1. The maximum Gasteiger partial charge on any atom is 0.274 e. The third kappa shape index (κ3) is 2.15. The molecule has 1 N–H and O–H groups in total. The Kier molecular flexibility index (Phi) is 3.32. The quantitative estimate of drug-likeness (QED) is 0.376. The maximum atomic E-state index is 11.6. The van der Waals surface area contributed by atoms with Gasteiger partial charge in [0, 0.05) is 23.1 Å². The Bertz CT molecular complexity index is 1060.